The molecular formula is C24H40F3N3O4. The molecule has 1 aromatic carbocycles. The van der Waals surface area contributed by atoms with Crippen molar-refractivity contribution in [1.82, 2.24) is 10.8 Å². The Kier molecular flexibility index (Phi) is 13.8. The lowest BCUT2D eigenvalue weighted by atomic mass is 9.88. The highest BCUT2D eigenvalue weighted by molar-refractivity contribution is 5.42. The van der Waals surface area contributed by atoms with Crippen molar-refractivity contribution in [3.05, 3.63) is 35.2 Å². The molecule has 5 N–H and O–H groups in total. The summed E-state index contributed by atoms with van der Waals surface area (Å²) in [5.41, 5.74) is 9.57. The third-order valence-corrected chi connectivity index (χ3v) is 5.68. The third-order valence-electron chi connectivity index (χ3n) is 5.68. The van der Waals surface area contributed by atoms with Crippen LogP contribution in [0.3, 0.4) is 0 Å². The number of methoxy groups -OCH3 is 1. The molecule has 3 unspecified atom stereocenters. The molecule has 196 valence electrons. The average molecular weight is 492 g/mol. The summed E-state index contributed by atoms with van der Waals surface area (Å²) in [6.45, 7) is 4.47. The zero-order valence-corrected chi connectivity index (χ0v) is 20.7. The molecule has 3 atom stereocenters. The van der Waals surface area contributed by atoms with Crippen LogP contribution in [-0.2, 0) is 4.74 Å². The quantitative estimate of drug-likeness (QED) is 0.271. The first-order valence-corrected chi connectivity index (χ1v) is 11.9. The summed E-state index contributed by atoms with van der Waals surface area (Å²) in [7, 11) is 1.56. The lowest BCUT2D eigenvalue weighted by Gasteiger charge is -2.28. The summed E-state index contributed by atoms with van der Waals surface area (Å²) in [6.07, 6.45) is 6.26. The van der Waals surface area contributed by atoms with Gasteiger partial charge in [0.2, 0.25) is 0 Å². The number of nitrogens with one attached hydrogen (secondary N) is 2. The van der Waals surface area contributed by atoms with Crippen LogP contribution in [0.25, 0.3) is 0 Å². The predicted molar refractivity (Wildman–Crippen MR) is 125 cm³/mol. The Morgan fingerprint density at radius 3 is 2.35 bits per heavy atom. The monoisotopic (exact) mass is 491 g/mol. The van der Waals surface area contributed by atoms with Crippen molar-refractivity contribution in [1.29, 1.82) is 0 Å². The molecule has 0 bridgehead atoms. The van der Waals surface area contributed by atoms with Crippen molar-refractivity contribution in [2.75, 3.05) is 7.11 Å². The fraction of sp³-hybridized carbons (Fsp3) is 0.667. The van der Waals surface area contributed by atoms with E-state index in [2.05, 4.69) is 19.2 Å². The minimum absolute atomic E-state index is 0.0542. The van der Waals surface area contributed by atoms with Gasteiger partial charge in [0.15, 0.2) is 18.1 Å². The molecule has 0 aromatic heterocycles. The first-order valence-electron chi connectivity index (χ1n) is 11.9. The van der Waals surface area contributed by atoms with E-state index in [1.165, 1.54) is 32.1 Å². The molecule has 1 heterocycles. The van der Waals surface area contributed by atoms with Gasteiger partial charge in [-0.2, -0.15) is 18.7 Å². The highest BCUT2D eigenvalue weighted by atomic mass is 19.4. The van der Waals surface area contributed by atoms with Crippen molar-refractivity contribution in [3.63, 3.8) is 0 Å². The second-order valence-electron chi connectivity index (χ2n) is 7.84. The zero-order chi connectivity index (χ0) is 25.7. The minimum Gasteiger partial charge on any atom is -0.496 e. The van der Waals surface area contributed by atoms with Crippen LogP contribution in [0.4, 0.5) is 13.2 Å². The van der Waals surface area contributed by atoms with Crippen LogP contribution >= 0.6 is 0 Å². The molecule has 1 aliphatic carbocycles. The lowest BCUT2D eigenvalue weighted by Crippen LogP contribution is -2.33. The first kappa shape index (κ1) is 29.9. The molecule has 1 aromatic rings. The number of benzene rings is 1. The topological polar surface area (TPSA) is 98.0 Å². The Bertz CT molecular complexity index is 743. The average Bonchev–Trinajstić information content (AvgIpc) is 3.24. The molecule has 0 spiro atoms. The van der Waals surface area contributed by atoms with E-state index >= 15 is 0 Å². The van der Waals surface area contributed by atoms with E-state index in [4.69, 9.17) is 25.2 Å². The Labute approximate surface area is 200 Å². The Morgan fingerprint density at radius 1 is 1.21 bits per heavy atom. The van der Waals surface area contributed by atoms with E-state index in [9.17, 15) is 13.2 Å². The number of hydrogen-bond donors (Lipinski definition) is 4. The molecule has 1 aliphatic heterocycles. The molecule has 1 saturated carbocycles. The van der Waals surface area contributed by atoms with Crippen LogP contribution in [-0.4, -0.2) is 31.3 Å². The molecular weight excluding hydrogens is 451 g/mol. The summed E-state index contributed by atoms with van der Waals surface area (Å²) < 4.78 is 47.0. The van der Waals surface area contributed by atoms with Crippen molar-refractivity contribution >= 4 is 0 Å². The van der Waals surface area contributed by atoms with Gasteiger partial charge in [0, 0.05) is 17.5 Å². The van der Waals surface area contributed by atoms with Crippen molar-refractivity contribution in [2.45, 2.75) is 91.4 Å². The van der Waals surface area contributed by atoms with Gasteiger partial charge in [-0.25, -0.2) is 0 Å². The summed E-state index contributed by atoms with van der Waals surface area (Å²) in [5.74, 6) is 2.67. The molecule has 34 heavy (non-hydrogen) atoms. The highest BCUT2D eigenvalue weighted by Crippen LogP contribution is 2.34. The first-order chi connectivity index (χ1) is 16.3. The number of hydrogen-bond acceptors (Lipinski definition) is 7. The lowest BCUT2D eigenvalue weighted by molar-refractivity contribution is 0.00819. The molecule has 0 saturated heterocycles. The van der Waals surface area contributed by atoms with Crippen LogP contribution in [0.15, 0.2) is 29.7 Å². The van der Waals surface area contributed by atoms with Crippen LogP contribution < -0.4 is 26.0 Å². The van der Waals surface area contributed by atoms with E-state index in [0.29, 0.717) is 23.0 Å². The maximum atomic E-state index is 9.67. The van der Waals surface area contributed by atoms with Gasteiger partial charge in [0.1, 0.15) is 17.7 Å². The van der Waals surface area contributed by atoms with Gasteiger partial charge in [0.05, 0.1) is 12.8 Å². The Morgan fingerprint density at radius 2 is 1.82 bits per heavy atom. The largest absolute Gasteiger partial charge is 0.496 e. The fourth-order valence-corrected chi connectivity index (χ4v) is 4.09. The van der Waals surface area contributed by atoms with E-state index < -0.39 is 12.8 Å². The Hall–Kier alpha value is -2.17. The van der Waals surface area contributed by atoms with Crippen molar-refractivity contribution in [3.8, 4) is 11.5 Å². The van der Waals surface area contributed by atoms with Crippen LogP contribution in [0.2, 0.25) is 0 Å². The van der Waals surface area contributed by atoms with Gasteiger partial charge in [0.25, 0.3) is 0 Å². The second kappa shape index (κ2) is 15.7. The number of ether oxygens (including phenoxy) is 3. The third kappa shape index (κ3) is 8.88. The number of rotatable bonds is 8. The van der Waals surface area contributed by atoms with E-state index in [1.807, 2.05) is 25.4 Å². The standard InChI is InChI=1S/C21H33N3O4.C2H6.CHF3/c1-4-17(19-13(2)23-21(28-19)14-8-6-5-7-9-14)27-15-10-11-16(20(22)24-25)18(12-15)26-3;1-2;2-1(3)4/h10-12,14,17,20-21,23-25H,4-9,22H2,1-3H3;1-2H3;1H. The zero-order valence-electron chi connectivity index (χ0n) is 20.7. The number of halogens is 3. The van der Waals surface area contributed by atoms with Gasteiger partial charge in [-0.1, -0.05) is 40.0 Å². The predicted octanol–water partition coefficient (Wildman–Crippen LogP) is 5.75. The van der Waals surface area contributed by atoms with Crippen LogP contribution in [0, 0.1) is 5.92 Å². The smallest absolute Gasteiger partial charge is 0.379 e. The van der Waals surface area contributed by atoms with Gasteiger partial charge < -0.3 is 30.5 Å². The normalized spacial score (nSPS) is 19.7. The molecule has 1 fully saturated rings. The van der Waals surface area contributed by atoms with Crippen molar-refractivity contribution in [2.24, 2.45) is 11.7 Å². The minimum atomic E-state index is -3.67. The number of allylic oxidation sites excluding steroid dienone is 1. The molecule has 7 nitrogen and oxygen atoms in total. The number of nitrogens with two attached hydrogens (primary N) is 1. The van der Waals surface area contributed by atoms with E-state index in [1.54, 1.807) is 19.2 Å². The van der Waals surface area contributed by atoms with Crippen LogP contribution in [0.1, 0.15) is 77.9 Å². The van der Waals surface area contributed by atoms with E-state index in [0.717, 1.165) is 17.9 Å². The summed E-state index contributed by atoms with van der Waals surface area (Å²) in [6, 6.07) is 5.40. The van der Waals surface area contributed by atoms with Gasteiger partial charge in [-0.3, -0.25) is 0 Å². The van der Waals surface area contributed by atoms with E-state index in [-0.39, 0.29) is 12.3 Å². The van der Waals surface area contributed by atoms with Crippen molar-refractivity contribution < 1.29 is 32.6 Å². The number of alkyl halides is 3. The van der Waals surface area contributed by atoms with Gasteiger partial charge >= 0.3 is 6.68 Å². The molecule has 10 heteroatoms. The second-order valence-corrected chi connectivity index (χ2v) is 7.84. The molecule has 3 rings (SSSR count). The molecule has 0 radical (unpaired) electrons. The summed E-state index contributed by atoms with van der Waals surface area (Å²) in [4.78, 5) is 0. The molecule has 0 amide bonds. The highest BCUT2D eigenvalue weighted by Gasteiger charge is 2.34. The molecule has 2 aliphatic rings. The maximum absolute atomic E-state index is 9.67. The summed E-state index contributed by atoms with van der Waals surface area (Å²) >= 11 is 0. The maximum Gasteiger partial charge on any atom is 0.379 e. The SMILES string of the molecule is CC.CCC(Oc1ccc(C(N)NO)c(OC)c1)C1=C(C)NC(C2CCCCC2)O1.FC(F)F. The van der Waals surface area contributed by atoms with Crippen LogP contribution in [0.5, 0.6) is 11.5 Å². The van der Waals surface area contributed by atoms with Gasteiger partial charge in [-0.05, 0) is 38.3 Å². The summed E-state index contributed by atoms with van der Waals surface area (Å²) in [5, 5.41) is 12.6. The Balaban J connectivity index is 0.000000872. The van der Waals surface area contributed by atoms with Gasteiger partial charge in [-0.15, -0.1) is 0 Å². The fourth-order valence-electron chi connectivity index (χ4n) is 4.09. The number of hydroxylamine groups is 1.